The van der Waals surface area contributed by atoms with Crippen molar-refractivity contribution >= 4 is 41.0 Å². The van der Waals surface area contributed by atoms with E-state index in [0.717, 1.165) is 4.90 Å². The zero-order chi connectivity index (χ0) is 18.4. The first kappa shape index (κ1) is 18.7. The van der Waals surface area contributed by atoms with Crippen LogP contribution in [0.1, 0.15) is 19.3 Å². The number of benzene rings is 1. The maximum absolute atomic E-state index is 11.9. The van der Waals surface area contributed by atoms with Crippen molar-refractivity contribution in [3.05, 3.63) is 23.2 Å². The van der Waals surface area contributed by atoms with E-state index in [-0.39, 0.29) is 37.6 Å². The minimum absolute atomic E-state index is 0.0414. The fraction of sp³-hybridized carbons (Fsp3) is 0.375. The number of methoxy groups -OCH3 is 1. The third kappa shape index (κ3) is 5.18. The summed E-state index contributed by atoms with van der Waals surface area (Å²) in [7, 11) is 1.44. The lowest BCUT2D eigenvalue weighted by Crippen LogP contribution is -2.32. The summed E-state index contributed by atoms with van der Waals surface area (Å²) >= 11 is 5.86. The monoisotopic (exact) mass is 368 g/mol. The molecule has 8 nitrogen and oxygen atoms in total. The second kappa shape index (κ2) is 8.48. The minimum atomic E-state index is -0.680. The Morgan fingerprint density at radius 3 is 2.56 bits per heavy atom. The summed E-state index contributed by atoms with van der Waals surface area (Å²) in [5.41, 5.74) is 0.351. The van der Waals surface area contributed by atoms with Crippen LogP contribution in [0, 0.1) is 0 Å². The van der Waals surface area contributed by atoms with Crippen LogP contribution < -0.4 is 10.1 Å². The summed E-state index contributed by atoms with van der Waals surface area (Å²) in [6.45, 7) is -0.545. The normalized spacial score (nSPS) is 13.8. The van der Waals surface area contributed by atoms with Gasteiger partial charge in [0.2, 0.25) is 11.8 Å². The Bertz CT molecular complexity index is 690. The molecule has 0 radical (unpaired) electrons. The molecule has 0 aromatic heterocycles. The predicted octanol–water partition coefficient (Wildman–Crippen LogP) is 1.37. The van der Waals surface area contributed by atoms with Crippen LogP contribution in [0.25, 0.3) is 0 Å². The number of nitrogens with one attached hydrogen (secondary N) is 1. The summed E-state index contributed by atoms with van der Waals surface area (Å²) in [6.07, 6.45) is 0.167. The Kier molecular flexibility index (Phi) is 6.35. The van der Waals surface area contributed by atoms with Gasteiger partial charge in [-0.2, -0.15) is 0 Å². The number of carbonyl (C=O) groups is 4. The average Bonchev–Trinajstić information content (AvgIpc) is 2.89. The van der Waals surface area contributed by atoms with Crippen molar-refractivity contribution in [1.82, 2.24) is 4.90 Å². The number of esters is 1. The average molecular weight is 369 g/mol. The van der Waals surface area contributed by atoms with Gasteiger partial charge >= 0.3 is 5.97 Å². The predicted molar refractivity (Wildman–Crippen MR) is 88.2 cm³/mol. The van der Waals surface area contributed by atoms with Gasteiger partial charge in [0.1, 0.15) is 5.75 Å². The van der Waals surface area contributed by atoms with Crippen LogP contribution in [0.3, 0.4) is 0 Å². The van der Waals surface area contributed by atoms with Crippen LogP contribution in [0.4, 0.5) is 5.69 Å². The second-order valence-corrected chi connectivity index (χ2v) is 5.68. The molecule has 0 saturated carbocycles. The van der Waals surface area contributed by atoms with E-state index >= 15 is 0 Å². The number of imide groups is 1. The number of anilines is 1. The number of amides is 3. The number of rotatable bonds is 7. The van der Waals surface area contributed by atoms with Crippen molar-refractivity contribution in [3.8, 4) is 5.75 Å². The fourth-order valence-electron chi connectivity index (χ4n) is 2.26. The van der Waals surface area contributed by atoms with Gasteiger partial charge in [-0.15, -0.1) is 0 Å². The van der Waals surface area contributed by atoms with Gasteiger partial charge in [-0.05, 0) is 18.2 Å². The number of nitrogens with zero attached hydrogens (tertiary/aromatic N) is 1. The van der Waals surface area contributed by atoms with E-state index in [1.54, 1.807) is 12.1 Å². The minimum Gasteiger partial charge on any atom is -0.495 e. The molecule has 0 unspecified atom stereocenters. The Balaban J connectivity index is 1.78. The molecule has 1 aliphatic heterocycles. The molecular weight excluding hydrogens is 352 g/mol. The van der Waals surface area contributed by atoms with Crippen LogP contribution in [-0.2, 0) is 23.9 Å². The molecule has 1 saturated heterocycles. The van der Waals surface area contributed by atoms with Crippen LogP contribution in [0.2, 0.25) is 5.02 Å². The van der Waals surface area contributed by atoms with Crippen molar-refractivity contribution in [3.63, 3.8) is 0 Å². The number of likely N-dealkylation sites (tertiary alicyclic amines) is 1. The summed E-state index contributed by atoms with van der Waals surface area (Å²) in [4.78, 5) is 47.4. The molecule has 0 bridgehead atoms. The maximum atomic E-state index is 11.9. The Labute approximate surface area is 149 Å². The molecule has 1 aromatic rings. The van der Waals surface area contributed by atoms with Gasteiger partial charge in [-0.25, -0.2) is 0 Å². The lowest BCUT2D eigenvalue weighted by Gasteiger charge is -2.13. The van der Waals surface area contributed by atoms with Crippen LogP contribution in [-0.4, -0.2) is 48.9 Å². The van der Waals surface area contributed by atoms with Gasteiger partial charge in [0.15, 0.2) is 6.61 Å². The van der Waals surface area contributed by atoms with Crippen molar-refractivity contribution in [2.45, 2.75) is 19.3 Å². The van der Waals surface area contributed by atoms with E-state index in [0.29, 0.717) is 16.5 Å². The van der Waals surface area contributed by atoms with Crippen LogP contribution >= 0.6 is 11.6 Å². The Hall–Kier alpha value is -2.61. The molecule has 3 amide bonds. The molecule has 1 aromatic carbocycles. The highest BCUT2D eigenvalue weighted by molar-refractivity contribution is 6.31. The zero-order valence-electron chi connectivity index (χ0n) is 13.5. The van der Waals surface area contributed by atoms with Crippen LogP contribution in [0.15, 0.2) is 18.2 Å². The third-order valence-electron chi connectivity index (χ3n) is 3.49. The van der Waals surface area contributed by atoms with Gasteiger partial charge in [-0.1, -0.05) is 11.6 Å². The van der Waals surface area contributed by atoms with Gasteiger partial charge in [-0.3, -0.25) is 24.1 Å². The summed E-state index contributed by atoms with van der Waals surface area (Å²) < 4.78 is 9.93. The van der Waals surface area contributed by atoms with Crippen molar-refractivity contribution in [1.29, 1.82) is 0 Å². The molecule has 2 rings (SSSR count). The van der Waals surface area contributed by atoms with Gasteiger partial charge < -0.3 is 14.8 Å². The lowest BCUT2D eigenvalue weighted by atomic mass is 10.3. The van der Waals surface area contributed by atoms with Crippen molar-refractivity contribution < 1.29 is 28.7 Å². The molecule has 1 fully saturated rings. The quantitative estimate of drug-likeness (QED) is 0.576. The third-order valence-corrected chi connectivity index (χ3v) is 3.73. The summed E-state index contributed by atoms with van der Waals surface area (Å²) in [5.74, 6) is -1.44. The van der Waals surface area contributed by atoms with E-state index in [1.165, 1.54) is 13.2 Å². The van der Waals surface area contributed by atoms with E-state index < -0.39 is 18.5 Å². The molecule has 1 aliphatic rings. The Morgan fingerprint density at radius 1 is 1.24 bits per heavy atom. The first-order valence-electron chi connectivity index (χ1n) is 7.53. The van der Waals surface area contributed by atoms with Crippen LogP contribution in [0.5, 0.6) is 5.75 Å². The molecule has 9 heteroatoms. The number of hydrogen-bond donors (Lipinski definition) is 1. The number of halogens is 1. The van der Waals surface area contributed by atoms with Gasteiger partial charge in [0.05, 0.1) is 19.2 Å². The van der Waals surface area contributed by atoms with Gasteiger partial charge in [0.25, 0.3) is 5.91 Å². The highest BCUT2D eigenvalue weighted by atomic mass is 35.5. The second-order valence-electron chi connectivity index (χ2n) is 5.24. The fourth-order valence-corrected chi connectivity index (χ4v) is 2.43. The SMILES string of the molecule is COc1ccc(Cl)cc1NC(=O)COC(=O)CCN1C(=O)CCC1=O. The molecule has 134 valence electrons. The first-order chi connectivity index (χ1) is 11.9. The first-order valence-corrected chi connectivity index (χ1v) is 7.90. The molecule has 1 N–H and O–H groups in total. The molecular formula is C16H17ClN2O6. The highest BCUT2D eigenvalue weighted by Crippen LogP contribution is 2.27. The molecule has 25 heavy (non-hydrogen) atoms. The molecule has 0 atom stereocenters. The van der Waals surface area contributed by atoms with Crippen molar-refractivity contribution in [2.75, 3.05) is 25.6 Å². The number of ether oxygens (including phenoxy) is 2. The van der Waals surface area contributed by atoms with E-state index in [2.05, 4.69) is 5.32 Å². The topological polar surface area (TPSA) is 102 Å². The zero-order valence-corrected chi connectivity index (χ0v) is 14.3. The molecule has 0 aliphatic carbocycles. The van der Waals surface area contributed by atoms with E-state index in [1.807, 2.05) is 0 Å². The van der Waals surface area contributed by atoms with Crippen molar-refractivity contribution in [2.24, 2.45) is 0 Å². The van der Waals surface area contributed by atoms with E-state index in [4.69, 9.17) is 21.1 Å². The number of hydrogen-bond acceptors (Lipinski definition) is 6. The highest BCUT2D eigenvalue weighted by Gasteiger charge is 2.29. The molecule has 1 heterocycles. The standard InChI is InChI=1S/C16H17ClN2O6/c1-24-12-3-2-10(17)8-11(12)18-13(20)9-25-16(23)6-7-19-14(21)4-5-15(19)22/h2-3,8H,4-7,9H2,1H3,(H,18,20). The summed E-state index contributed by atoms with van der Waals surface area (Å²) in [6, 6.07) is 4.70. The maximum Gasteiger partial charge on any atom is 0.308 e. The van der Waals surface area contributed by atoms with E-state index in [9.17, 15) is 19.2 Å². The van der Waals surface area contributed by atoms with Gasteiger partial charge in [0, 0.05) is 24.4 Å². The summed E-state index contributed by atoms with van der Waals surface area (Å²) in [5, 5.41) is 2.93. The lowest BCUT2D eigenvalue weighted by molar-refractivity contribution is -0.148. The number of carbonyl (C=O) groups excluding carboxylic acids is 4. The smallest absolute Gasteiger partial charge is 0.308 e. The Morgan fingerprint density at radius 2 is 1.92 bits per heavy atom. The molecule has 0 spiro atoms. The largest absolute Gasteiger partial charge is 0.495 e.